The average molecular weight is 304 g/mol. The number of nitrogens with zero attached hydrogens (tertiary/aromatic N) is 1. The fourth-order valence-corrected chi connectivity index (χ4v) is 2.18. The summed E-state index contributed by atoms with van der Waals surface area (Å²) in [5.74, 6) is -1.51. The van der Waals surface area contributed by atoms with Crippen molar-refractivity contribution in [3.05, 3.63) is 53.4 Å². The number of benzene rings is 1. The first-order valence-electron chi connectivity index (χ1n) is 6.20. The molecule has 108 valence electrons. The second-order valence-corrected chi connectivity index (χ2v) is 4.86. The smallest absolute Gasteiger partial charge is 0.265 e. The van der Waals surface area contributed by atoms with Crippen molar-refractivity contribution in [3.8, 4) is 0 Å². The van der Waals surface area contributed by atoms with Crippen LogP contribution in [0.15, 0.2) is 36.4 Å². The topological polar surface area (TPSA) is 49.4 Å². The van der Waals surface area contributed by atoms with E-state index in [9.17, 15) is 14.0 Å². The Balaban J connectivity index is 2.45. The van der Waals surface area contributed by atoms with Crippen molar-refractivity contribution in [1.82, 2.24) is 10.2 Å². The van der Waals surface area contributed by atoms with Gasteiger partial charge in [0.1, 0.15) is 11.4 Å². The van der Waals surface area contributed by atoms with Crippen LogP contribution in [0.5, 0.6) is 0 Å². The van der Waals surface area contributed by atoms with E-state index in [1.165, 1.54) is 29.2 Å². The van der Waals surface area contributed by atoms with Gasteiger partial charge in [0.25, 0.3) is 11.8 Å². The summed E-state index contributed by atoms with van der Waals surface area (Å²) in [5, 5.41) is 2.48. The van der Waals surface area contributed by atoms with E-state index in [-0.39, 0.29) is 17.2 Å². The highest BCUT2D eigenvalue weighted by Crippen LogP contribution is 2.18. The van der Waals surface area contributed by atoms with Crippen molar-refractivity contribution in [2.75, 3.05) is 6.54 Å². The summed E-state index contributed by atoms with van der Waals surface area (Å²) >= 11 is 4.95. The van der Waals surface area contributed by atoms with Crippen LogP contribution in [-0.2, 0) is 9.59 Å². The lowest BCUT2D eigenvalue weighted by molar-refractivity contribution is -0.128. The van der Waals surface area contributed by atoms with Crippen molar-refractivity contribution in [3.63, 3.8) is 0 Å². The van der Waals surface area contributed by atoms with Gasteiger partial charge in [-0.2, -0.15) is 0 Å². The van der Waals surface area contributed by atoms with Gasteiger partial charge < -0.3 is 0 Å². The Morgan fingerprint density at radius 2 is 2.14 bits per heavy atom. The highest BCUT2D eigenvalue weighted by Gasteiger charge is 2.32. The van der Waals surface area contributed by atoms with Crippen LogP contribution in [0.1, 0.15) is 11.1 Å². The number of rotatable bonds is 3. The summed E-state index contributed by atoms with van der Waals surface area (Å²) < 4.78 is 13.5. The Hall–Kier alpha value is -2.34. The number of hydrogen-bond acceptors (Lipinski definition) is 3. The van der Waals surface area contributed by atoms with Crippen molar-refractivity contribution in [2.24, 2.45) is 0 Å². The minimum atomic E-state index is -0.589. The molecule has 21 heavy (non-hydrogen) atoms. The van der Waals surface area contributed by atoms with Gasteiger partial charge in [0, 0.05) is 6.54 Å². The first kappa shape index (κ1) is 15.1. The van der Waals surface area contributed by atoms with Crippen LogP contribution in [-0.4, -0.2) is 28.4 Å². The highest BCUT2D eigenvalue weighted by molar-refractivity contribution is 7.80. The molecule has 1 aromatic carbocycles. The molecule has 6 heteroatoms. The third-order valence-corrected chi connectivity index (χ3v) is 3.43. The summed E-state index contributed by atoms with van der Waals surface area (Å²) in [6.07, 6.45) is 2.88. The molecule has 1 aliphatic heterocycles. The molecule has 2 rings (SSSR count). The molecule has 1 fully saturated rings. The second-order valence-electron chi connectivity index (χ2n) is 4.48. The molecule has 0 aromatic heterocycles. The SMILES string of the molecule is C=CCN1C(=O)C(=Cc2cccc(F)c2C)C(=O)NC1=S. The standard InChI is InChI=1S/C15H13FN2O2S/c1-3-7-18-14(20)11(13(19)17-15(18)21)8-10-5-4-6-12(16)9(10)2/h3-6,8H,1,7H2,2H3,(H,17,19,21). The molecule has 0 bridgehead atoms. The molecule has 1 aromatic rings. The van der Waals surface area contributed by atoms with E-state index in [2.05, 4.69) is 11.9 Å². The summed E-state index contributed by atoms with van der Waals surface area (Å²) in [4.78, 5) is 25.5. The van der Waals surface area contributed by atoms with Crippen LogP contribution in [0.25, 0.3) is 6.08 Å². The first-order valence-corrected chi connectivity index (χ1v) is 6.61. The maximum absolute atomic E-state index is 13.5. The Kier molecular flexibility index (Phi) is 4.28. The largest absolute Gasteiger partial charge is 0.298 e. The molecule has 4 nitrogen and oxygen atoms in total. The van der Waals surface area contributed by atoms with Gasteiger partial charge in [-0.1, -0.05) is 18.2 Å². The van der Waals surface area contributed by atoms with E-state index in [4.69, 9.17) is 12.2 Å². The van der Waals surface area contributed by atoms with Crippen LogP contribution in [0.4, 0.5) is 4.39 Å². The fourth-order valence-electron chi connectivity index (χ4n) is 1.92. The van der Waals surface area contributed by atoms with Gasteiger partial charge in [0.15, 0.2) is 5.11 Å². The van der Waals surface area contributed by atoms with Crippen molar-refractivity contribution >= 4 is 35.2 Å². The number of amides is 2. The van der Waals surface area contributed by atoms with Gasteiger partial charge in [0.2, 0.25) is 0 Å². The van der Waals surface area contributed by atoms with Crippen molar-refractivity contribution in [2.45, 2.75) is 6.92 Å². The molecule has 1 heterocycles. The summed E-state index contributed by atoms with van der Waals surface area (Å²) in [6.45, 7) is 5.32. The number of halogens is 1. The Morgan fingerprint density at radius 3 is 2.81 bits per heavy atom. The average Bonchev–Trinajstić information content (AvgIpc) is 2.44. The van der Waals surface area contributed by atoms with Crippen LogP contribution < -0.4 is 5.32 Å². The maximum atomic E-state index is 13.5. The normalized spacial score (nSPS) is 17.1. The van der Waals surface area contributed by atoms with Crippen molar-refractivity contribution < 1.29 is 14.0 Å². The predicted octanol–water partition coefficient (Wildman–Crippen LogP) is 1.95. The monoisotopic (exact) mass is 304 g/mol. The molecule has 0 saturated carbocycles. The van der Waals surface area contributed by atoms with Gasteiger partial charge in [-0.3, -0.25) is 19.8 Å². The first-order chi connectivity index (χ1) is 9.95. The third-order valence-electron chi connectivity index (χ3n) is 3.11. The number of thiocarbonyl (C=S) groups is 1. The van der Waals surface area contributed by atoms with Crippen LogP contribution in [0.3, 0.4) is 0 Å². The lowest BCUT2D eigenvalue weighted by Crippen LogP contribution is -2.53. The third kappa shape index (κ3) is 2.90. The second kappa shape index (κ2) is 5.97. The molecule has 1 aliphatic rings. The number of hydrogen-bond donors (Lipinski definition) is 1. The molecule has 2 amide bonds. The molecule has 0 spiro atoms. The predicted molar refractivity (Wildman–Crippen MR) is 81.8 cm³/mol. The fraction of sp³-hybridized carbons (Fsp3) is 0.133. The Bertz CT molecular complexity index is 682. The Morgan fingerprint density at radius 1 is 1.43 bits per heavy atom. The van der Waals surface area contributed by atoms with E-state index in [0.29, 0.717) is 11.1 Å². The van der Waals surface area contributed by atoms with E-state index in [0.717, 1.165) is 0 Å². The van der Waals surface area contributed by atoms with Crippen LogP contribution in [0.2, 0.25) is 0 Å². The minimum absolute atomic E-state index is 0.0398. The van der Waals surface area contributed by atoms with E-state index in [1.807, 2.05) is 0 Å². The van der Waals surface area contributed by atoms with E-state index < -0.39 is 17.6 Å². The zero-order valence-corrected chi connectivity index (χ0v) is 12.2. The molecular formula is C15H13FN2O2S. The molecule has 0 atom stereocenters. The number of nitrogens with one attached hydrogen (secondary N) is 1. The van der Waals surface area contributed by atoms with Crippen LogP contribution in [0, 0.1) is 12.7 Å². The molecule has 0 aliphatic carbocycles. The van der Waals surface area contributed by atoms with Gasteiger partial charge in [-0.05, 0) is 42.4 Å². The van der Waals surface area contributed by atoms with E-state index in [1.54, 1.807) is 13.0 Å². The summed E-state index contributed by atoms with van der Waals surface area (Å²) in [6, 6.07) is 4.47. The van der Waals surface area contributed by atoms with E-state index >= 15 is 0 Å². The maximum Gasteiger partial charge on any atom is 0.265 e. The van der Waals surface area contributed by atoms with Gasteiger partial charge >= 0.3 is 0 Å². The van der Waals surface area contributed by atoms with Crippen molar-refractivity contribution in [1.29, 1.82) is 0 Å². The minimum Gasteiger partial charge on any atom is -0.298 e. The number of carbonyl (C=O) groups excluding carboxylic acids is 2. The molecule has 0 radical (unpaired) electrons. The highest BCUT2D eigenvalue weighted by atomic mass is 32.1. The molecule has 1 N–H and O–H groups in total. The lowest BCUT2D eigenvalue weighted by Gasteiger charge is -2.27. The molecular weight excluding hydrogens is 291 g/mol. The van der Waals surface area contributed by atoms with Gasteiger partial charge in [0.05, 0.1) is 0 Å². The van der Waals surface area contributed by atoms with Gasteiger partial charge in [-0.15, -0.1) is 6.58 Å². The summed E-state index contributed by atoms with van der Waals surface area (Å²) in [5.41, 5.74) is 0.757. The lowest BCUT2D eigenvalue weighted by atomic mass is 10.0. The van der Waals surface area contributed by atoms with Crippen LogP contribution >= 0.6 is 12.2 Å². The quantitative estimate of drug-likeness (QED) is 0.402. The van der Waals surface area contributed by atoms with Gasteiger partial charge in [-0.25, -0.2) is 4.39 Å². The number of carbonyl (C=O) groups is 2. The zero-order chi connectivity index (χ0) is 15.6. The zero-order valence-electron chi connectivity index (χ0n) is 11.4. The molecule has 0 unspecified atom stereocenters. The Labute approximate surface area is 126 Å². The summed E-state index contributed by atoms with van der Waals surface area (Å²) in [7, 11) is 0. The molecule has 1 saturated heterocycles.